The molecular formula is C27H27FN2O3. The van der Waals surface area contributed by atoms with Crippen LogP contribution in [0.3, 0.4) is 0 Å². The van der Waals surface area contributed by atoms with Crippen LogP contribution in [0.15, 0.2) is 42.6 Å². The number of carbonyl (C=O) groups excluding carboxylic acids is 2. The van der Waals surface area contributed by atoms with Gasteiger partial charge in [0.1, 0.15) is 11.6 Å². The number of aromatic nitrogens is 1. The molecule has 2 aromatic carbocycles. The first-order valence-electron chi connectivity index (χ1n) is 11.6. The highest BCUT2D eigenvalue weighted by Crippen LogP contribution is 2.33. The van der Waals surface area contributed by atoms with Gasteiger partial charge in [-0.1, -0.05) is 18.2 Å². The molecule has 0 atom stereocenters. The Morgan fingerprint density at radius 2 is 1.85 bits per heavy atom. The van der Waals surface area contributed by atoms with Gasteiger partial charge < -0.3 is 10.1 Å². The van der Waals surface area contributed by atoms with Crippen molar-refractivity contribution in [3.05, 3.63) is 59.5 Å². The van der Waals surface area contributed by atoms with Crippen molar-refractivity contribution >= 4 is 28.3 Å². The van der Waals surface area contributed by atoms with E-state index in [1.54, 1.807) is 12.3 Å². The second-order valence-electron chi connectivity index (χ2n) is 9.20. The smallest absolute Gasteiger partial charge is 0.228 e. The van der Waals surface area contributed by atoms with Gasteiger partial charge >= 0.3 is 0 Å². The van der Waals surface area contributed by atoms with Crippen LogP contribution in [0.2, 0.25) is 0 Å². The zero-order valence-corrected chi connectivity index (χ0v) is 18.7. The van der Waals surface area contributed by atoms with Gasteiger partial charge in [-0.25, -0.2) is 9.37 Å². The van der Waals surface area contributed by atoms with Crippen LogP contribution in [0, 0.1) is 24.6 Å². The average Bonchev–Trinajstić information content (AvgIpc) is 3.65. The summed E-state index contributed by atoms with van der Waals surface area (Å²) in [5.74, 6) is 0.273. The fourth-order valence-corrected chi connectivity index (χ4v) is 4.50. The molecule has 6 heteroatoms. The molecule has 1 saturated heterocycles. The van der Waals surface area contributed by atoms with Gasteiger partial charge in [0.2, 0.25) is 5.91 Å². The number of nitrogens with one attached hydrogen (secondary N) is 1. The quantitative estimate of drug-likeness (QED) is 0.494. The molecule has 1 saturated carbocycles. The van der Waals surface area contributed by atoms with Crippen LogP contribution in [0.4, 0.5) is 10.2 Å². The van der Waals surface area contributed by atoms with E-state index in [4.69, 9.17) is 4.74 Å². The van der Waals surface area contributed by atoms with Crippen molar-refractivity contribution in [1.82, 2.24) is 4.98 Å². The van der Waals surface area contributed by atoms with Gasteiger partial charge in [-0.3, -0.25) is 9.59 Å². The molecule has 33 heavy (non-hydrogen) atoms. The maximum Gasteiger partial charge on any atom is 0.228 e. The fourth-order valence-electron chi connectivity index (χ4n) is 4.50. The fraction of sp³-hybridized carbons (Fsp3) is 0.370. The lowest BCUT2D eigenvalue weighted by Crippen LogP contribution is -2.19. The van der Waals surface area contributed by atoms with E-state index in [1.807, 2.05) is 37.3 Å². The second-order valence-corrected chi connectivity index (χ2v) is 9.20. The van der Waals surface area contributed by atoms with Gasteiger partial charge in [0.25, 0.3) is 0 Å². The van der Waals surface area contributed by atoms with Crippen LogP contribution in [0.5, 0.6) is 0 Å². The molecule has 1 aliphatic heterocycles. The number of hydrogen-bond donors (Lipinski definition) is 1. The number of ether oxygens (including phenoxy) is 1. The van der Waals surface area contributed by atoms with E-state index in [1.165, 1.54) is 0 Å². The summed E-state index contributed by atoms with van der Waals surface area (Å²) in [5, 5.41) is 4.61. The average molecular weight is 447 g/mol. The number of nitrogens with zero attached hydrogens (tertiary/aromatic N) is 1. The van der Waals surface area contributed by atoms with E-state index < -0.39 is 5.82 Å². The van der Waals surface area contributed by atoms with E-state index in [9.17, 15) is 9.59 Å². The molecule has 3 aromatic rings. The van der Waals surface area contributed by atoms with E-state index in [2.05, 4.69) is 10.3 Å². The third-order valence-electron chi connectivity index (χ3n) is 6.68. The minimum atomic E-state index is -0.465. The molecule has 0 unspecified atom stereocenters. The summed E-state index contributed by atoms with van der Waals surface area (Å²) in [6.07, 6.45) is 5.59. The largest absolute Gasteiger partial charge is 0.381 e. The number of carbonyl (C=O) groups is 2. The lowest BCUT2D eigenvalue weighted by atomic mass is 9.89. The first kappa shape index (κ1) is 21.7. The van der Waals surface area contributed by atoms with Crippen LogP contribution in [0.25, 0.3) is 21.9 Å². The van der Waals surface area contributed by atoms with Crippen molar-refractivity contribution in [3.8, 4) is 11.1 Å². The predicted octanol–water partition coefficient (Wildman–Crippen LogP) is 5.70. The number of pyridine rings is 1. The van der Waals surface area contributed by atoms with Gasteiger partial charge in [-0.05, 0) is 73.2 Å². The number of benzene rings is 2. The molecule has 1 N–H and O–H groups in total. The summed E-state index contributed by atoms with van der Waals surface area (Å²) in [5.41, 5.74) is 2.07. The molecule has 2 aliphatic rings. The van der Waals surface area contributed by atoms with Crippen LogP contribution in [-0.2, 0) is 9.53 Å². The summed E-state index contributed by atoms with van der Waals surface area (Å²) in [7, 11) is 0. The highest BCUT2D eigenvalue weighted by atomic mass is 19.1. The topological polar surface area (TPSA) is 68.3 Å². The Balaban J connectivity index is 1.42. The minimum absolute atomic E-state index is 0.0124. The Morgan fingerprint density at radius 1 is 1.06 bits per heavy atom. The molecule has 2 heterocycles. The minimum Gasteiger partial charge on any atom is -0.381 e. The molecule has 5 nitrogen and oxygen atoms in total. The summed E-state index contributed by atoms with van der Waals surface area (Å²) in [6, 6.07) is 10.9. The number of ketones is 1. The SMILES string of the molecule is Cc1ccc(C(=O)CC2CCOCC2)c(F)c1-c1ccc2cc(NC(=O)C3CC3)ncc2c1. The molecule has 1 aromatic heterocycles. The molecule has 5 rings (SSSR count). The highest BCUT2D eigenvalue weighted by molar-refractivity contribution is 5.99. The Kier molecular flexibility index (Phi) is 5.94. The third-order valence-corrected chi connectivity index (χ3v) is 6.68. The summed E-state index contributed by atoms with van der Waals surface area (Å²) in [6.45, 7) is 3.18. The lowest BCUT2D eigenvalue weighted by molar-refractivity contribution is -0.117. The Bertz CT molecular complexity index is 1230. The molecule has 2 fully saturated rings. The van der Waals surface area contributed by atoms with Crippen molar-refractivity contribution in [2.45, 2.75) is 39.0 Å². The van der Waals surface area contributed by atoms with Crippen LogP contribution >= 0.6 is 0 Å². The van der Waals surface area contributed by atoms with E-state index in [0.29, 0.717) is 36.6 Å². The normalized spacial score (nSPS) is 16.7. The molecule has 170 valence electrons. The summed E-state index contributed by atoms with van der Waals surface area (Å²) in [4.78, 5) is 29.3. The van der Waals surface area contributed by atoms with Crippen LogP contribution in [0.1, 0.15) is 48.0 Å². The maximum atomic E-state index is 15.6. The van der Waals surface area contributed by atoms with E-state index in [0.717, 1.165) is 42.0 Å². The first-order chi connectivity index (χ1) is 16.0. The zero-order valence-electron chi connectivity index (χ0n) is 18.7. The third kappa shape index (κ3) is 4.67. The van der Waals surface area contributed by atoms with Crippen molar-refractivity contribution in [2.24, 2.45) is 11.8 Å². The van der Waals surface area contributed by atoms with Crippen molar-refractivity contribution in [3.63, 3.8) is 0 Å². The van der Waals surface area contributed by atoms with Gasteiger partial charge in [0.15, 0.2) is 5.78 Å². The zero-order chi connectivity index (χ0) is 22.9. The number of rotatable bonds is 6. The van der Waals surface area contributed by atoms with Gasteiger partial charge in [-0.15, -0.1) is 0 Å². The standard InChI is InChI=1S/C27H27FN2O3/c1-16-2-7-22(23(31)12-17-8-10-33-11-9-17)26(28)25(16)20-6-5-19-14-24(29-15-21(19)13-20)30-27(32)18-3-4-18/h2,5-7,13-15,17-18H,3-4,8-12H2,1H3,(H,29,30,32). The van der Waals surface area contributed by atoms with Crippen LogP contribution < -0.4 is 5.32 Å². The van der Waals surface area contributed by atoms with Gasteiger partial charge in [0, 0.05) is 42.7 Å². The number of anilines is 1. The molecule has 1 amide bonds. The molecule has 0 radical (unpaired) electrons. The summed E-state index contributed by atoms with van der Waals surface area (Å²) >= 11 is 0. The number of fused-ring (bicyclic) bond motifs is 1. The van der Waals surface area contributed by atoms with Gasteiger partial charge in [-0.2, -0.15) is 0 Å². The van der Waals surface area contributed by atoms with E-state index in [-0.39, 0.29) is 29.1 Å². The number of amides is 1. The second kappa shape index (κ2) is 9.02. The van der Waals surface area contributed by atoms with Gasteiger partial charge in [0.05, 0.1) is 5.56 Å². The Hall–Kier alpha value is -3.12. The number of halogens is 1. The first-order valence-corrected chi connectivity index (χ1v) is 11.6. The predicted molar refractivity (Wildman–Crippen MR) is 126 cm³/mol. The molecular weight excluding hydrogens is 419 g/mol. The molecule has 0 bridgehead atoms. The van der Waals surface area contributed by atoms with Crippen molar-refractivity contribution in [2.75, 3.05) is 18.5 Å². The number of hydrogen-bond acceptors (Lipinski definition) is 4. The lowest BCUT2D eigenvalue weighted by Gasteiger charge is -2.21. The van der Waals surface area contributed by atoms with Crippen molar-refractivity contribution < 1.29 is 18.7 Å². The monoisotopic (exact) mass is 446 g/mol. The Morgan fingerprint density at radius 3 is 2.61 bits per heavy atom. The van der Waals surface area contributed by atoms with Crippen LogP contribution in [-0.4, -0.2) is 29.9 Å². The number of Topliss-reactive ketones (excluding diaryl/α,β-unsaturated/α-hetero) is 1. The molecule has 1 aliphatic carbocycles. The highest BCUT2D eigenvalue weighted by Gasteiger charge is 2.29. The number of aryl methyl sites for hydroxylation is 1. The Labute approximate surface area is 192 Å². The summed E-state index contributed by atoms with van der Waals surface area (Å²) < 4.78 is 21.0. The van der Waals surface area contributed by atoms with Crippen molar-refractivity contribution in [1.29, 1.82) is 0 Å². The van der Waals surface area contributed by atoms with E-state index >= 15 is 4.39 Å². The maximum absolute atomic E-state index is 15.6. The molecule has 0 spiro atoms.